The fourth-order valence-electron chi connectivity index (χ4n) is 3.20. The van der Waals surface area contributed by atoms with E-state index in [1.807, 2.05) is 18.7 Å². The summed E-state index contributed by atoms with van der Waals surface area (Å²) < 4.78 is 5.67. The van der Waals surface area contributed by atoms with Crippen molar-refractivity contribution < 1.29 is 9.53 Å². The number of amides is 1. The second-order valence-corrected chi connectivity index (χ2v) is 6.15. The van der Waals surface area contributed by atoms with Gasteiger partial charge in [-0.2, -0.15) is 0 Å². The summed E-state index contributed by atoms with van der Waals surface area (Å²) >= 11 is 0. The number of carbonyl (C=O) groups excluding carboxylic acids is 1. The lowest BCUT2D eigenvalue weighted by Crippen LogP contribution is -2.51. The van der Waals surface area contributed by atoms with Crippen molar-refractivity contribution in [3.63, 3.8) is 0 Å². The number of nitrogens with two attached hydrogens (primary N) is 1. The van der Waals surface area contributed by atoms with Crippen molar-refractivity contribution >= 4 is 5.91 Å². The Bertz CT molecular complexity index is 298. The number of hydrogen-bond donors (Lipinski definition) is 1. The van der Waals surface area contributed by atoms with Gasteiger partial charge in [-0.1, -0.05) is 6.92 Å². The molecule has 2 N–H and O–H groups in total. The van der Waals surface area contributed by atoms with E-state index in [-0.39, 0.29) is 24.2 Å². The van der Waals surface area contributed by atoms with Gasteiger partial charge < -0.3 is 15.4 Å². The molecule has 2 fully saturated rings. The average Bonchev–Trinajstić information content (AvgIpc) is 2.30. The van der Waals surface area contributed by atoms with Gasteiger partial charge in [0.2, 0.25) is 5.91 Å². The van der Waals surface area contributed by atoms with Crippen LogP contribution in [-0.2, 0) is 9.53 Å². The number of hydrogen-bond acceptors (Lipinski definition) is 3. The molecule has 2 aliphatic rings. The molecule has 1 saturated carbocycles. The van der Waals surface area contributed by atoms with Gasteiger partial charge in [-0.05, 0) is 39.0 Å². The van der Waals surface area contributed by atoms with Gasteiger partial charge in [-0.15, -0.1) is 0 Å². The largest absolute Gasteiger partial charge is 0.372 e. The monoisotopic (exact) mass is 254 g/mol. The van der Waals surface area contributed by atoms with Crippen molar-refractivity contribution in [1.29, 1.82) is 0 Å². The highest BCUT2D eigenvalue weighted by atomic mass is 16.5. The summed E-state index contributed by atoms with van der Waals surface area (Å²) in [6, 6.07) is 0.184. The molecule has 1 aliphatic heterocycles. The van der Waals surface area contributed by atoms with E-state index in [0.717, 1.165) is 32.4 Å². The zero-order valence-electron chi connectivity index (χ0n) is 11.8. The summed E-state index contributed by atoms with van der Waals surface area (Å²) in [4.78, 5) is 14.5. The Balaban J connectivity index is 1.94. The number of carbonyl (C=O) groups is 1. The van der Waals surface area contributed by atoms with Crippen LogP contribution in [-0.4, -0.2) is 42.1 Å². The summed E-state index contributed by atoms with van der Waals surface area (Å²) in [5.41, 5.74) is 6.10. The van der Waals surface area contributed by atoms with Crippen LogP contribution in [0.25, 0.3) is 0 Å². The minimum absolute atomic E-state index is 0.133. The SMILES string of the molecule is CC1CCC(C(=O)N2C[C@@H](C)O[C@@H](C)C2)CC1N. The lowest BCUT2D eigenvalue weighted by molar-refractivity contribution is -0.148. The maximum Gasteiger partial charge on any atom is 0.225 e. The van der Waals surface area contributed by atoms with Crippen LogP contribution in [0.1, 0.15) is 40.0 Å². The first-order chi connectivity index (χ1) is 8.47. The molecule has 3 unspecified atom stereocenters. The zero-order chi connectivity index (χ0) is 13.3. The van der Waals surface area contributed by atoms with Gasteiger partial charge in [0.05, 0.1) is 12.2 Å². The molecule has 1 heterocycles. The van der Waals surface area contributed by atoms with Crippen molar-refractivity contribution in [1.82, 2.24) is 4.90 Å². The number of nitrogens with zero attached hydrogens (tertiary/aromatic N) is 1. The maximum absolute atomic E-state index is 12.5. The summed E-state index contributed by atoms with van der Waals surface area (Å²) in [6.45, 7) is 7.70. The summed E-state index contributed by atoms with van der Waals surface area (Å²) in [7, 11) is 0. The second kappa shape index (κ2) is 5.57. The van der Waals surface area contributed by atoms with Gasteiger partial charge in [0.15, 0.2) is 0 Å². The van der Waals surface area contributed by atoms with Crippen LogP contribution in [0.2, 0.25) is 0 Å². The van der Waals surface area contributed by atoms with Crippen LogP contribution in [0.5, 0.6) is 0 Å². The Morgan fingerprint density at radius 1 is 1.17 bits per heavy atom. The van der Waals surface area contributed by atoms with Crippen LogP contribution in [0.4, 0.5) is 0 Å². The van der Waals surface area contributed by atoms with Crippen LogP contribution >= 0.6 is 0 Å². The smallest absolute Gasteiger partial charge is 0.225 e. The topological polar surface area (TPSA) is 55.6 Å². The van der Waals surface area contributed by atoms with Gasteiger partial charge in [0.1, 0.15) is 0 Å². The van der Waals surface area contributed by atoms with E-state index in [0.29, 0.717) is 11.8 Å². The molecule has 1 saturated heterocycles. The maximum atomic E-state index is 12.5. The lowest BCUT2D eigenvalue weighted by atomic mass is 9.79. The minimum atomic E-state index is 0.133. The highest BCUT2D eigenvalue weighted by molar-refractivity contribution is 5.79. The van der Waals surface area contributed by atoms with Crippen molar-refractivity contribution in [2.75, 3.05) is 13.1 Å². The number of morpholine rings is 1. The molecule has 0 aromatic carbocycles. The summed E-state index contributed by atoms with van der Waals surface area (Å²) in [6.07, 6.45) is 3.21. The summed E-state index contributed by atoms with van der Waals surface area (Å²) in [5.74, 6) is 0.977. The van der Waals surface area contributed by atoms with Crippen LogP contribution in [0, 0.1) is 11.8 Å². The highest BCUT2D eigenvalue weighted by Gasteiger charge is 2.34. The Morgan fingerprint density at radius 2 is 1.78 bits per heavy atom. The molecule has 18 heavy (non-hydrogen) atoms. The number of ether oxygens (including phenoxy) is 1. The van der Waals surface area contributed by atoms with Gasteiger partial charge in [-0.3, -0.25) is 4.79 Å². The molecule has 0 spiro atoms. The Labute approximate surface area is 110 Å². The minimum Gasteiger partial charge on any atom is -0.372 e. The molecule has 104 valence electrons. The quantitative estimate of drug-likeness (QED) is 0.769. The fraction of sp³-hybridized carbons (Fsp3) is 0.929. The van der Waals surface area contributed by atoms with Crippen LogP contribution in [0.3, 0.4) is 0 Å². The molecule has 2 rings (SSSR count). The molecule has 4 heteroatoms. The van der Waals surface area contributed by atoms with Crippen molar-refractivity contribution in [2.45, 2.75) is 58.3 Å². The third kappa shape index (κ3) is 3.04. The zero-order valence-corrected chi connectivity index (χ0v) is 11.8. The summed E-state index contributed by atoms with van der Waals surface area (Å²) in [5, 5.41) is 0. The van der Waals surface area contributed by atoms with E-state index in [1.165, 1.54) is 0 Å². The Kier molecular flexibility index (Phi) is 4.28. The first-order valence-corrected chi connectivity index (χ1v) is 7.17. The highest BCUT2D eigenvalue weighted by Crippen LogP contribution is 2.29. The van der Waals surface area contributed by atoms with E-state index in [1.54, 1.807) is 0 Å². The molecular weight excluding hydrogens is 228 g/mol. The van der Waals surface area contributed by atoms with Crippen LogP contribution < -0.4 is 5.73 Å². The van der Waals surface area contributed by atoms with Gasteiger partial charge >= 0.3 is 0 Å². The molecule has 1 aliphatic carbocycles. The van der Waals surface area contributed by atoms with E-state index >= 15 is 0 Å². The van der Waals surface area contributed by atoms with E-state index in [2.05, 4.69) is 6.92 Å². The first-order valence-electron chi connectivity index (χ1n) is 7.17. The molecular formula is C14H26N2O2. The lowest BCUT2D eigenvalue weighted by Gasteiger charge is -2.39. The van der Waals surface area contributed by atoms with Gasteiger partial charge in [0.25, 0.3) is 0 Å². The molecule has 0 aromatic rings. The number of rotatable bonds is 1. The Hall–Kier alpha value is -0.610. The van der Waals surface area contributed by atoms with Crippen LogP contribution in [0.15, 0.2) is 0 Å². The normalized spacial score (nSPS) is 41.8. The third-order valence-corrected chi connectivity index (χ3v) is 4.34. The first kappa shape index (κ1) is 13.8. The molecule has 4 nitrogen and oxygen atoms in total. The van der Waals surface area contributed by atoms with E-state index in [9.17, 15) is 4.79 Å². The van der Waals surface area contributed by atoms with E-state index < -0.39 is 0 Å². The predicted octanol–water partition coefficient (Wildman–Crippen LogP) is 1.39. The fourth-order valence-corrected chi connectivity index (χ4v) is 3.20. The van der Waals surface area contributed by atoms with Crippen molar-refractivity contribution in [3.8, 4) is 0 Å². The molecule has 0 bridgehead atoms. The standard InChI is InChI=1S/C14H26N2O2/c1-9-4-5-12(6-13(9)15)14(17)16-7-10(2)18-11(3)8-16/h9-13H,4-8,15H2,1-3H3/t9?,10-,11+,12?,13?. The van der Waals surface area contributed by atoms with E-state index in [4.69, 9.17) is 10.5 Å². The average molecular weight is 254 g/mol. The predicted molar refractivity (Wildman–Crippen MR) is 71.1 cm³/mol. The van der Waals surface area contributed by atoms with Crippen molar-refractivity contribution in [3.05, 3.63) is 0 Å². The van der Waals surface area contributed by atoms with Gasteiger partial charge in [0, 0.05) is 25.0 Å². The third-order valence-electron chi connectivity index (χ3n) is 4.34. The second-order valence-electron chi connectivity index (χ2n) is 6.15. The van der Waals surface area contributed by atoms with Gasteiger partial charge in [-0.25, -0.2) is 0 Å². The molecule has 1 amide bonds. The molecule has 0 radical (unpaired) electrons. The molecule has 0 aromatic heterocycles. The Morgan fingerprint density at radius 3 is 2.33 bits per heavy atom. The van der Waals surface area contributed by atoms with Crippen molar-refractivity contribution in [2.24, 2.45) is 17.6 Å². The molecule has 5 atom stereocenters.